The molecule has 0 aromatic heterocycles. The molecule has 0 radical (unpaired) electrons. The highest BCUT2D eigenvalue weighted by Gasteiger charge is 2.19. The molecule has 0 saturated carbocycles. The van der Waals surface area contributed by atoms with Crippen LogP contribution in [0.25, 0.3) is 0 Å². The summed E-state index contributed by atoms with van der Waals surface area (Å²) in [7, 11) is 3.17. The second kappa shape index (κ2) is 14.5. The molecule has 35 heavy (non-hydrogen) atoms. The molecule has 0 aliphatic heterocycles. The standard InChI is InChI=1S/C28H42N2O5/c1-6-7-8-9-10-18-30(27(32)29-25-16-15-24(33-4)20-26(25)34-5)19-17-22-11-13-23(14-12-22)35-28(2,3)21-31/h11-16,20,31H,6-10,17-19,21H2,1-5H3,(H,29,32). The highest BCUT2D eigenvalue weighted by molar-refractivity contribution is 5.91. The number of urea groups is 1. The van der Waals surface area contributed by atoms with E-state index in [2.05, 4.69) is 12.2 Å². The lowest BCUT2D eigenvalue weighted by molar-refractivity contribution is 0.0412. The molecule has 7 heteroatoms. The molecule has 2 aromatic rings. The topological polar surface area (TPSA) is 80.3 Å². The Morgan fingerprint density at radius 1 is 0.943 bits per heavy atom. The first-order valence-electron chi connectivity index (χ1n) is 12.5. The Bertz CT molecular complexity index is 899. The van der Waals surface area contributed by atoms with Crippen LogP contribution in [0.2, 0.25) is 0 Å². The molecule has 0 unspecified atom stereocenters. The van der Waals surface area contributed by atoms with Gasteiger partial charge in [0.2, 0.25) is 0 Å². The molecule has 2 aromatic carbocycles. The molecule has 0 spiro atoms. The van der Waals surface area contributed by atoms with Crippen molar-refractivity contribution in [1.82, 2.24) is 4.90 Å². The number of hydrogen-bond acceptors (Lipinski definition) is 5. The summed E-state index contributed by atoms with van der Waals surface area (Å²) in [5.41, 5.74) is 1.10. The fourth-order valence-corrected chi connectivity index (χ4v) is 3.66. The Labute approximate surface area is 210 Å². The van der Waals surface area contributed by atoms with Crippen LogP contribution in [0.4, 0.5) is 10.5 Å². The lowest BCUT2D eigenvalue weighted by Gasteiger charge is -2.25. The molecule has 2 rings (SSSR count). The van der Waals surface area contributed by atoms with E-state index in [0.717, 1.165) is 24.8 Å². The summed E-state index contributed by atoms with van der Waals surface area (Å²) in [6.07, 6.45) is 6.40. The molecular weight excluding hydrogens is 444 g/mol. The van der Waals surface area contributed by atoms with E-state index >= 15 is 0 Å². The van der Waals surface area contributed by atoms with Gasteiger partial charge in [0, 0.05) is 19.2 Å². The van der Waals surface area contributed by atoms with E-state index in [4.69, 9.17) is 14.2 Å². The number of hydrogen-bond donors (Lipinski definition) is 2. The smallest absolute Gasteiger partial charge is 0.321 e. The van der Waals surface area contributed by atoms with E-state index in [1.54, 1.807) is 32.4 Å². The number of ether oxygens (including phenoxy) is 3. The largest absolute Gasteiger partial charge is 0.497 e. The Morgan fingerprint density at radius 3 is 2.26 bits per heavy atom. The highest BCUT2D eigenvalue weighted by Crippen LogP contribution is 2.29. The van der Waals surface area contributed by atoms with Gasteiger partial charge in [-0.2, -0.15) is 0 Å². The number of carbonyl (C=O) groups excluding carboxylic acids is 1. The van der Waals surface area contributed by atoms with Crippen molar-refractivity contribution >= 4 is 11.7 Å². The number of benzene rings is 2. The number of amides is 2. The number of unbranched alkanes of at least 4 members (excludes halogenated alkanes) is 4. The summed E-state index contributed by atoms with van der Waals surface area (Å²) in [6.45, 7) is 7.12. The Morgan fingerprint density at radius 2 is 1.63 bits per heavy atom. The number of anilines is 1. The number of aliphatic hydroxyl groups excluding tert-OH is 1. The molecular formula is C28H42N2O5. The van der Waals surface area contributed by atoms with Gasteiger partial charge in [0.25, 0.3) is 0 Å². The first-order valence-corrected chi connectivity index (χ1v) is 12.5. The third kappa shape index (κ3) is 9.68. The average molecular weight is 487 g/mol. The van der Waals surface area contributed by atoms with Gasteiger partial charge in [0.05, 0.1) is 26.5 Å². The van der Waals surface area contributed by atoms with Gasteiger partial charge in [-0.25, -0.2) is 4.79 Å². The second-order valence-electron chi connectivity index (χ2n) is 9.31. The van der Waals surface area contributed by atoms with Crippen LogP contribution in [0.15, 0.2) is 42.5 Å². The number of nitrogens with zero attached hydrogens (tertiary/aromatic N) is 1. The van der Waals surface area contributed by atoms with Gasteiger partial charge in [0.15, 0.2) is 0 Å². The molecule has 194 valence electrons. The van der Waals surface area contributed by atoms with Crippen LogP contribution in [-0.4, -0.2) is 55.6 Å². The van der Waals surface area contributed by atoms with E-state index in [9.17, 15) is 9.90 Å². The normalized spacial score (nSPS) is 11.1. The lowest BCUT2D eigenvalue weighted by Crippen LogP contribution is -2.37. The number of methoxy groups -OCH3 is 2. The Balaban J connectivity index is 2.04. The number of aliphatic hydroxyl groups is 1. The third-order valence-electron chi connectivity index (χ3n) is 5.84. The van der Waals surface area contributed by atoms with Gasteiger partial charge >= 0.3 is 6.03 Å². The molecule has 0 bridgehead atoms. The molecule has 0 aliphatic rings. The minimum Gasteiger partial charge on any atom is -0.497 e. The van der Waals surface area contributed by atoms with Crippen LogP contribution < -0.4 is 19.5 Å². The minimum absolute atomic E-state index is 0.0595. The predicted octanol–water partition coefficient (Wildman–Crippen LogP) is 5.90. The molecule has 2 amide bonds. The fraction of sp³-hybridized carbons (Fsp3) is 0.536. The van der Waals surface area contributed by atoms with Crippen LogP contribution in [0.5, 0.6) is 17.2 Å². The van der Waals surface area contributed by atoms with Gasteiger partial charge < -0.3 is 29.5 Å². The van der Waals surface area contributed by atoms with Crippen molar-refractivity contribution in [2.24, 2.45) is 0 Å². The molecule has 7 nitrogen and oxygen atoms in total. The Hall–Kier alpha value is -2.93. The average Bonchev–Trinajstić information content (AvgIpc) is 2.86. The fourth-order valence-electron chi connectivity index (χ4n) is 3.66. The molecule has 0 aliphatic carbocycles. The van der Waals surface area contributed by atoms with Crippen LogP contribution in [0.3, 0.4) is 0 Å². The van der Waals surface area contributed by atoms with Crippen molar-refractivity contribution in [2.45, 2.75) is 64.9 Å². The van der Waals surface area contributed by atoms with Gasteiger partial charge in [-0.15, -0.1) is 0 Å². The van der Waals surface area contributed by atoms with Crippen LogP contribution >= 0.6 is 0 Å². The number of rotatable bonds is 15. The lowest BCUT2D eigenvalue weighted by atomic mass is 10.1. The predicted molar refractivity (Wildman–Crippen MR) is 141 cm³/mol. The number of nitrogens with one attached hydrogen (secondary N) is 1. The van der Waals surface area contributed by atoms with E-state index in [-0.39, 0.29) is 12.6 Å². The SMILES string of the molecule is CCCCCCCN(CCc1ccc(OC(C)(C)CO)cc1)C(=O)Nc1ccc(OC)cc1OC. The van der Waals surface area contributed by atoms with Crippen molar-refractivity contribution in [1.29, 1.82) is 0 Å². The van der Waals surface area contributed by atoms with Crippen molar-refractivity contribution in [2.75, 3.05) is 39.2 Å². The van der Waals surface area contributed by atoms with E-state index in [1.807, 2.05) is 43.0 Å². The second-order valence-corrected chi connectivity index (χ2v) is 9.31. The third-order valence-corrected chi connectivity index (χ3v) is 5.84. The zero-order valence-corrected chi connectivity index (χ0v) is 21.9. The highest BCUT2D eigenvalue weighted by atomic mass is 16.5. The maximum Gasteiger partial charge on any atom is 0.321 e. The van der Waals surface area contributed by atoms with E-state index in [0.29, 0.717) is 36.0 Å². The van der Waals surface area contributed by atoms with Gasteiger partial charge in [-0.1, -0.05) is 44.7 Å². The minimum atomic E-state index is -0.628. The van der Waals surface area contributed by atoms with Crippen LogP contribution in [0.1, 0.15) is 58.4 Å². The van der Waals surface area contributed by atoms with Gasteiger partial charge in [-0.05, 0) is 56.5 Å². The van der Waals surface area contributed by atoms with Crippen LogP contribution in [-0.2, 0) is 6.42 Å². The summed E-state index contributed by atoms with van der Waals surface area (Å²) >= 11 is 0. The summed E-state index contributed by atoms with van der Waals surface area (Å²) in [5.74, 6) is 1.94. The Kier molecular flexibility index (Phi) is 11.7. The van der Waals surface area contributed by atoms with Crippen LogP contribution in [0, 0.1) is 0 Å². The van der Waals surface area contributed by atoms with E-state index in [1.165, 1.54) is 19.3 Å². The van der Waals surface area contributed by atoms with Crippen molar-refractivity contribution < 1.29 is 24.1 Å². The first-order chi connectivity index (χ1) is 16.8. The summed E-state index contributed by atoms with van der Waals surface area (Å²) in [5, 5.41) is 12.4. The maximum absolute atomic E-state index is 13.2. The molecule has 2 N–H and O–H groups in total. The van der Waals surface area contributed by atoms with E-state index < -0.39 is 5.60 Å². The monoisotopic (exact) mass is 486 g/mol. The number of carbonyl (C=O) groups is 1. The maximum atomic E-state index is 13.2. The van der Waals surface area contributed by atoms with Gasteiger partial charge in [-0.3, -0.25) is 0 Å². The zero-order chi connectivity index (χ0) is 25.7. The molecule has 0 atom stereocenters. The van der Waals surface area contributed by atoms with Crippen molar-refractivity contribution in [3.05, 3.63) is 48.0 Å². The molecule has 0 fully saturated rings. The quantitative estimate of drug-likeness (QED) is 0.306. The molecule has 0 saturated heterocycles. The summed E-state index contributed by atoms with van der Waals surface area (Å²) < 4.78 is 16.5. The van der Waals surface area contributed by atoms with Gasteiger partial charge in [0.1, 0.15) is 22.8 Å². The van der Waals surface area contributed by atoms with Crippen molar-refractivity contribution in [3.8, 4) is 17.2 Å². The molecule has 0 heterocycles. The van der Waals surface area contributed by atoms with Crippen molar-refractivity contribution in [3.63, 3.8) is 0 Å². The first kappa shape index (κ1) is 28.3. The summed E-state index contributed by atoms with van der Waals surface area (Å²) in [6, 6.07) is 13.0. The zero-order valence-electron chi connectivity index (χ0n) is 21.9. The summed E-state index contributed by atoms with van der Waals surface area (Å²) in [4.78, 5) is 15.1.